The Bertz CT molecular complexity index is 757. The van der Waals surface area contributed by atoms with Gasteiger partial charge in [0.2, 0.25) is 0 Å². The van der Waals surface area contributed by atoms with Crippen LogP contribution in [-0.2, 0) is 13.6 Å². The number of amides is 1. The number of carbonyl (C=O) groups is 1. The number of piperidine rings is 1. The smallest absolute Gasteiger partial charge is 0.252 e. The van der Waals surface area contributed by atoms with Crippen molar-refractivity contribution in [1.29, 1.82) is 0 Å². The van der Waals surface area contributed by atoms with Gasteiger partial charge >= 0.3 is 0 Å². The molecule has 0 spiro atoms. The predicted octanol–water partition coefficient (Wildman–Crippen LogP) is 0.120. The fourth-order valence-electron chi connectivity index (χ4n) is 3.10. The van der Waals surface area contributed by atoms with E-state index in [2.05, 4.69) is 15.0 Å². The Morgan fingerprint density at radius 3 is 3.00 bits per heavy atom. The van der Waals surface area contributed by atoms with Gasteiger partial charge in [0.05, 0.1) is 17.4 Å². The molecule has 5 N–H and O–H groups in total. The number of β-amino-alcohol motifs (C(OH)–C–C–N with tert-alkyl or cyclic N) is 1. The molecule has 0 aromatic carbocycles. The van der Waals surface area contributed by atoms with Gasteiger partial charge in [-0.2, -0.15) is 5.10 Å². The molecule has 1 aliphatic rings. The zero-order valence-electron chi connectivity index (χ0n) is 13.6. The van der Waals surface area contributed by atoms with Crippen molar-refractivity contribution >= 4 is 11.7 Å². The Morgan fingerprint density at radius 1 is 1.50 bits per heavy atom. The molecular formula is C16H22N6O2. The van der Waals surface area contributed by atoms with Crippen LogP contribution < -0.4 is 11.5 Å². The molecule has 1 unspecified atom stereocenters. The molecule has 2 aromatic heterocycles. The number of aliphatic hydroxyl groups is 1. The van der Waals surface area contributed by atoms with Crippen molar-refractivity contribution in [2.24, 2.45) is 12.8 Å². The first-order chi connectivity index (χ1) is 11.4. The molecular weight excluding hydrogens is 308 g/mol. The van der Waals surface area contributed by atoms with Gasteiger partial charge in [0, 0.05) is 43.7 Å². The lowest BCUT2D eigenvalue weighted by molar-refractivity contribution is 0.0662. The second-order valence-electron chi connectivity index (χ2n) is 6.22. The van der Waals surface area contributed by atoms with Crippen molar-refractivity contribution in [2.75, 3.05) is 18.8 Å². The number of hydrogen-bond acceptors (Lipinski definition) is 6. The summed E-state index contributed by atoms with van der Waals surface area (Å²) in [5.74, 6) is -0.484. The van der Waals surface area contributed by atoms with Crippen LogP contribution in [-0.4, -0.2) is 49.9 Å². The van der Waals surface area contributed by atoms with Gasteiger partial charge in [-0.3, -0.25) is 14.4 Å². The third-order valence-corrected chi connectivity index (χ3v) is 4.25. The molecule has 1 aliphatic heterocycles. The highest BCUT2D eigenvalue weighted by molar-refractivity contribution is 5.98. The number of primary amides is 1. The number of aliphatic hydroxyl groups excluding tert-OH is 1. The summed E-state index contributed by atoms with van der Waals surface area (Å²) in [4.78, 5) is 17.7. The Hall–Kier alpha value is -2.45. The van der Waals surface area contributed by atoms with Crippen molar-refractivity contribution in [1.82, 2.24) is 19.7 Å². The predicted molar refractivity (Wildman–Crippen MR) is 89.9 cm³/mol. The summed E-state index contributed by atoms with van der Waals surface area (Å²) in [5, 5.41) is 14.4. The average molecular weight is 330 g/mol. The van der Waals surface area contributed by atoms with Crippen LogP contribution in [0.3, 0.4) is 0 Å². The topological polar surface area (TPSA) is 123 Å². The molecule has 3 rings (SSSR count). The van der Waals surface area contributed by atoms with Crippen molar-refractivity contribution in [2.45, 2.75) is 25.5 Å². The zero-order chi connectivity index (χ0) is 17.3. The van der Waals surface area contributed by atoms with Crippen LogP contribution in [0.2, 0.25) is 0 Å². The number of nitrogens with two attached hydrogens (primary N) is 2. The number of carbonyl (C=O) groups excluding carboxylic acids is 1. The first kappa shape index (κ1) is 16.4. The van der Waals surface area contributed by atoms with Gasteiger partial charge in [-0.1, -0.05) is 0 Å². The highest BCUT2D eigenvalue weighted by atomic mass is 16.3. The molecule has 0 saturated carbocycles. The van der Waals surface area contributed by atoms with Crippen LogP contribution in [0.1, 0.15) is 28.9 Å². The molecule has 3 heterocycles. The van der Waals surface area contributed by atoms with E-state index in [0.717, 1.165) is 36.2 Å². The molecule has 8 nitrogen and oxygen atoms in total. The van der Waals surface area contributed by atoms with Crippen LogP contribution in [0.5, 0.6) is 0 Å². The minimum Gasteiger partial charge on any atom is -0.392 e. The van der Waals surface area contributed by atoms with E-state index in [9.17, 15) is 9.90 Å². The van der Waals surface area contributed by atoms with Crippen molar-refractivity contribution in [3.05, 3.63) is 29.7 Å². The maximum atomic E-state index is 11.5. The lowest BCUT2D eigenvalue weighted by Crippen LogP contribution is -2.37. The second kappa shape index (κ2) is 6.58. The van der Waals surface area contributed by atoms with Crippen molar-refractivity contribution in [3.63, 3.8) is 0 Å². The molecule has 1 amide bonds. The Morgan fingerprint density at radius 2 is 2.29 bits per heavy atom. The standard InChI is InChI=1S/C16H22N6O2/c1-21-8-13(10-5-12(16(18)24)15(17)19-6-10)14(20-21)9-22-4-2-3-11(23)7-22/h5-6,8,11,23H,2-4,7,9H2,1H3,(H2,17,19)(H2,18,24). The maximum absolute atomic E-state index is 11.5. The van der Waals surface area contributed by atoms with E-state index in [1.807, 2.05) is 13.2 Å². The number of aryl methyl sites for hydroxylation is 1. The summed E-state index contributed by atoms with van der Waals surface area (Å²) in [5.41, 5.74) is 13.8. The van der Waals surface area contributed by atoms with Gasteiger partial charge < -0.3 is 16.6 Å². The number of pyridine rings is 1. The fraction of sp³-hybridized carbons (Fsp3) is 0.438. The number of hydrogen-bond donors (Lipinski definition) is 3. The second-order valence-corrected chi connectivity index (χ2v) is 6.22. The maximum Gasteiger partial charge on any atom is 0.252 e. The quantitative estimate of drug-likeness (QED) is 0.731. The lowest BCUT2D eigenvalue weighted by Gasteiger charge is -2.29. The van der Waals surface area contributed by atoms with Gasteiger partial charge in [0.1, 0.15) is 5.82 Å². The fourth-order valence-corrected chi connectivity index (χ4v) is 3.10. The van der Waals surface area contributed by atoms with Gasteiger partial charge in [-0.05, 0) is 25.5 Å². The summed E-state index contributed by atoms with van der Waals surface area (Å²) >= 11 is 0. The van der Waals surface area contributed by atoms with Crippen LogP contribution in [0.4, 0.5) is 5.82 Å². The largest absolute Gasteiger partial charge is 0.392 e. The first-order valence-electron chi connectivity index (χ1n) is 7.92. The molecule has 1 atom stereocenters. The van der Waals surface area contributed by atoms with Crippen molar-refractivity contribution < 1.29 is 9.90 Å². The monoisotopic (exact) mass is 330 g/mol. The van der Waals surface area contributed by atoms with E-state index in [1.54, 1.807) is 16.9 Å². The summed E-state index contributed by atoms with van der Waals surface area (Å²) < 4.78 is 1.73. The van der Waals surface area contributed by atoms with Crippen LogP contribution in [0.15, 0.2) is 18.5 Å². The molecule has 0 aliphatic carbocycles. The van der Waals surface area contributed by atoms with Gasteiger partial charge in [0.25, 0.3) is 5.91 Å². The van der Waals surface area contributed by atoms with E-state index in [4.69, 9.17) is 11.5 Å². The Kier molecular flexibility index (Phi) is 4.50. The summed E-state index contributed by atoms with van der Waals surface area (Å²) in [6, 6.07) is 1.65. The first-order valence-corrected chi connectivity index (χ1v) is 7.92. The molecule has 2 aromatic rings. The molecule has 1 fully saturated rings. The van der Waals surface area contributed by atoms with E-state index in [-0.39, 0.29) is 17.5 Å². The molecule has 24 heavy (non-hydrogen) atoms. The highest BCUT2D eigenvalue weighted by Crippen LogP contribution is 2.26. The van der Waals surface area contributed by atoms with E-state index in [1.165, 1.54) is 0 Å². The number of nitrogens with zero attached hydrogens (tertiary/aromatic N) is 4. The average Bonchev–Trinajstić information content (AvgIpc) is 2.88. The minimum absolute atomic E-state index is 0.121. The number of anilines is 1. The Labute approximate surface area is 140 Å². The van der Waals surface area contributed by atoms with Crippen LogP contribution in [0.25, 0.3) is 11.1 Å². The number of likely N-dealkylation sites (tertiary alicyclic amines) is 1. The minimum atomic E-state index is -0.605. The van der Waals surface area contributed by atoms with E-state index in [0.29, 0.717) is 13.1 Å². The normalized spacial score (nSPS) is 18.7. The zero-order valence-corrected chi connectivity index (χ0v) is 13.6. The highest BCUT2D eigenvalue weighted by Gasteiger charge is 2.21. The van der Waals surface area contributed by atoms with Crippen molar-refractivity contribution in [3.8, 4) is 11.1 Å². The molecule has 0 radical (unpaired) electrons. The molecule has 8 heteroatoms. The van der Waals surface area contributed by atoms with Gasteiger partial charge in [-0.25, -0.2) is 4.98 Å². The summed E-state index contributed by atoms with van der Waals surface area (Å²) in [6.07, 6.45) is 5.03. The number of rotatable bonds is 4. The molecule has 128 valence electrons. The Balaban J connectivity index is 1.91. The molecule has 0 bridgehead atoms. The van der Waals surface area contributed by atoms with E-state index >= 15 is 0 Å². The SMILES string of the molecule is Cn1cc(-c2cnc(N)c(C(N)=O)c2)c(CN2CCCC(O)C2)n1. The van der Waals surface area contributed by atoms with Crippen LogP contribution >= 0.6 is 0 Å². The molecule has 1 saturated heterocycles. The van der Waals surface area contributed by atoms with E-state index < -0.39 is 5.91 Å². The third-order valence-electron chi connectivity index (χ3n) is 4.25. The summed E-state index contributed by atoms with van der Waals surface area (Å²) in [6.45, 7) is 2.20. The number of nitrogen functional groups attached to an aromatic ring is 1. The number of aromatic nitrogens is 3. The van der Waals surface area contributed by atoms with Crippen LogP contribution in [0, 0.1) is 0 Å². The van der Waals surface area contributed by atoms with Gasteiger partial charge in [0.15, 0.2) is 0 Å². The third kappa shape index (κ3) is 3.39. The summed E-state index contributed by atoms with van der Waals surface area (Å²) in [7, 11) is 1.85. The lowest BCUT2D eigenvalue weighted by atomic mass is 10.0. The van der Waals surface area contributed by atoms with Gasteiger partial charge in [-0.15, -0.1) is 0 Å².